The van der Waals surface area contributed by atoms with Gasteiger partial charge in [0.2, 0.25) is 5.91 Å². The molecule has 0 spiro atoms. The van der Waals surface area contributed by atoms with Crippen LogP contribution in [0.15, 0.2) is 18.2 Å². The van der Waals surface area contributed by atoms with E-state index in [1.807, 2.05) is 0 Å². The Hall–Kier alpha value is -2.37. The number of hydrogen-bond acceptors (Lipinski definition) is 4. The van der Waals surface area contributed by atoms with Crippen LogP contribution in [0.4, 0.5) is 5.69 Å². The van der Waals surface area contributed by atoms with Crippen LogP contribution in [0, 0.1) is 0 Å². The van der Waals surface area contributed by atoms with E-state index in [1.54, 1.807) is 23.1 Å². The van der Waals surface area contributed by atoms with Crippen LogP contribution < -0.4 is 9.64 Å². The van der Waals surface area contributed by atoms with Crippen molar-refractivity contribution in [3.05, 3.63) is 23.8 Å². The third-order valence-electron chi connectivity index (χ3n) is 3.81. The number of carbonyl (C=O) groups excluding carboxylic acids is 3. The highest BCUT2D eigenvalue weighted by Gasteiger charge is 2.29. The molecule has 0 unspecified atom stereocenters. The van der Waals surface area contributed by atoms with E-state index in [2.05, 4.69) is 0 Å². The number of likely N-dealkylation sites (tertiary alicyclic amines) is 1. The lowest BCUT2D eigenvalue weighted by molar-refractivity contribution is -0.131. The fourth-order valence-corrected chi connectivity index (χ4v) is 2.67. The molecule has 2 aliphatic rings. The Balaban J connectivity index is 1.85. The summed E-state index contributed by atoms with van der Waals surface area (Å²) in [5, 5.41) is 0. The van der Waals surface area contributed by atoms with E-state index in [9.17, 15) is 14.4 Å². The second-order valence-corrected chi connectivity index (χ2v) is 5.20. The highest BCUT2D eigenvalue weighted by Crippen LogP contribution is 2.32. The minimum Gasteiger partial charge on any atom is -0.482 e. The van der Waals surface area contributed by atoms with Gasteiger partial charge in [0.15, 0.2) is 6.61 Å². The number of ether oxygens (including phenoxy) is 1. The Kier molecular flexibility index (Phi) is 3.60. The average molecular weight is 288 g/mol. The van der Waals surface area contributed by atoms with E-state index >= 15 is 0 Å². The molecule has 1 fully saturated rings. The molecule has 1 saturated heterocycles. The van der Waals surface area contributed by atoms with Gasteiger partial charge in [0.25, 0.3) is 5.91 Å². The lowest BCUT2D eigenvalue weighted by Gasteiger charge is -2.30. The Morgan fingerprint density at radius 3 is 2.76 bits per heavy atom. The maximum Gasteiger partial charge on any atom is 0.265 e. The highest BCUT2D eigenvalue weighted by molar-refractivity contribution is 6.02. The normalized spacial score (nSPS) is 17.4. The van der Waals surface area contributed by atoms with Gasteiger partial charge in [-0.25, -0.2) is 0 Å². The summed E-state index contributed by atoms with van der Waals surface area (Å²) in [7, 11) is 0. The Bertz CT molecular complexity index is 593. The first-order chi connectivity index (χ1) is 10.2. The first-order valence-electron chi connectivity index (χ1n) is 6.99. The SMILES string of the molecule is O=Cc1ccc2c(c1)N(CC(=O)N1CCCC1)C(=O)CO2. The lowest BCUT2D eigenvalue weighted by atomic mass is 10.1. The van der Waals surface area contributed by atoms with Crippen molar-refractivity contribution in [2.75, 3.05) is 31.1 Å². The van der Waals surface area contributed by atoms with Crippen LogP contribution in [0.1, 0.15) is 23.2 Å². The third-order valence-corrected chi connectivity index (χ3v) is 3.81. The maximum atomic E-state index is 12.2. The van der Waals surface area contributed by atoms with Gasteiger partial charge >= 0.3 is 0 Å². The molecule has 2 heterocycles. The minimum atomic E-state index is -0.266. The summed E-state index contributed by atoms with van der Waals surface area (Å²) in [6, 6.07) is 4.86. The number of nitrogens with zero attached hydrogens (tertiary/aromatic N) is 2. The zero-order valence-electron chi connectivity index (χ0n) is 11.6. The third kappa shape index (κ3) is 2.61. The quantitative estimate of drug-likeness (QED) is 0.773. The van der Waals surface area contributed by atoms with Gasteiger partial charge in [0.1, 0.15) is 18.6 Å². The molecule has 0 atom stereocenters. The molecule has 1 aromatic rings. The molecule has 0 aliphatic carbocycles. The number of carbonyl (C=O) groups is 3. The van der Waals surface area contributed by atoms with E-state index in [4.69, 9.17) is 4.74 Å². The first kappa shape index (κ1) is 13.6. The molecule has 0 bridgehead atoms. The van der Waals surface area contributed by atoms with Gasteiger partial charge < -0.3 is 9.64 Å². The van der Waals surface area contributed by atoms with Crippen molar-refractivity contribution in [2.24, 2.45) is 0 Å². The number of amides is 2. The predicted octanol–water partition coefficient (Wildman–Crippen LogP) is 0.847. The molecule has 6 heteroatoms. The summed E-state index contributed by atoms with van der Waals surface area (Å²) >= 11 is 0. The molecule has 0 saturated carbocycles. The maximum absolute atomic E-state index is 12.2. The van der Waals surface area contributed by atoms with Crippen LogP contribution in [0.25, 0.3) is 0 Å². The molecule has 0 aromatic heterocycles. The number of hydrogen-bond donors (Lipinski definition) is 0. The summed E-state index contributed by atoms with van der Waals surface area (Å²) in [5.41, 5.74) is 0.939. The van der Waals surface area contributed by atoms with E-state index < -0.39 is 0 Å². The Labute approximate surface area is 122 Å². The summed E-state index contributed by atoms with van der Waals surface area (Å²) < 4.78 is 5.34. The summed E-state index contributed by atoms with van der Waals surface area (Å²) in [6.07, 6.45) is 2.73. The Morgan fingerprint density at radius 1 is 1.29 bits per heavy atom. The fraction of sp³-hybridized carbons (Fsp3) is 0.400. The van der Waals surface area contributed by atoms with Crippen LogP contribution in [-0.4, -0.2) is 49.2 Å². The van der Waals surface area contributed by atoms with Crippen molar-refractivity contribution in [3.8, 4) is 5.75 Å². The van der Waals surface area contributed by atoms with Gasteiger partial charge in [-0.2, -0.15) is 0 Å². The van der Waals surface area contributed by atoms with Crippen LogP contribution in [0.2, 0.25) is 0 Å². The van der Waals surface area contributed by atoms with Gasteiger partial charge in [-0.15, -0.1) is 0 Å². The predicted molar refractivity (Wildman–Crippen MR) is 75.5 cm³/mol. The van der Waals surface area contributed by atoms with E-state index in [0.29, 0.717) is 23.3 Å². The summed E-state index contributed by atoms with van der Waals surface area (Å²) in [4.78, 5) is 38.4. The van der Waals surface area contributed by atoms with Crippen LogP contribution in [0.3, 0.4) is 0 Å². The smallest absolute Gasteiger partial charge is 0.265 e. The molecule has 0 radical (unpaired) electrons. The monoisotopic (exact) mass is 288 g/mol. The molecular formula is C15H16N2O4. The van der Waals surface area contributed by atoms with E-state index in [1.165, 1.54) is 4.90 Å². The molecule has 21 heavy (non-hydrogen) atoms. The Morgan fingerprint density at radius 2 is 2.05 bits per heavy atom. The summed E-state index contributed by atoms with van der Waals surface area (Å²) in [6.45, 7) is 1.41. The summed E-state index contributed by atoms with van der Waals surface area (Å²) in [5.74, 6) is 0.192. The zero-order chi connectivity index (χ0) is 14.8. The molecule has 0 N–H and O–H groups in total. The molecule has 6 nitrogen and oxygen atoms in total. The topological polar surface area (TPSA) is 66.9 Å². The zero-order valence-corrected chi connectivity index (χ0v) is 11.6. The van der Waals surface area contributed by atoms with Crippen molar-refractivity contribution in [1.29, 1.82) is 0 Å². The molecule has 3 rings (SSSR count). The number of anilines is 1. The molecule has 110 valence electrons. The van der Waals surface area contributed by atoms with Crippen molar-refractivity contribution in [2.45, 2.75) is 12.8 Å². The van der Waals surface area contributed by atoms with Gasteiger partial charge in [-0.1, -0.05) is 0 Å². The van der Waals surface area contributed by atoms with E-state index in [0.717, 1.165) is 25.9 Å². The molecule has 2 amide bonds. The second kappa shape index (κ2) is 5.55. The van der Waals surface area contributed by atoms with Crippen LogP contribution in [-0.2, 0) is 9.59 Å². The van der Waals surface area contributed by atoms with Crippen LogP contribution >= 0.6 is 0 Å². The van der Waals surface area contributed by atoms with Crippen molar-refractivity contribution < 1.29 is 19.1 Å². The molecule has 2 aliphatic heterocycles. The molecule has 1 aromatic carbocycles. The van der Waals surface area contributed by atoms with Crippen LogP contribution in [0.5, 0.6) is 5.75 Å². The van der Waals surface area contributed by atoms with Crippen molar-refractivity contribution in [1.82, 2.24) is 4.90 Å². The van der Waals surface area contributed by atoms with Gasteiger partial charge in [0, 0.05) is 18.7 Å². The van der Waals surface area contributed by atoms with E-state index in [-0.39, 0.29) is 25.0 Å². The second-order valence-electron chi connectivity index (χ2n) is 5.20. The number of benzene rings is 1. The average Bonchev–Trinajstić information content (AvgIpc) is 3.04. The first-order valence-corrected chi connectivity index (χ1v) is 6.99. The van der Waals surface area contributed by atoms with Crippen molar-refractivity contribution in [3.63, 3.8) is 0 Å². The number of fused-ring (bicyclic) bond motifs is 1. The number of aldehydes is 1. The highest BCUT2D eigenvalue weighted by atomic mass is 16.5. The lowest BCUT2D eigenvalue weighted by Crippen LogP contribution is -2.45. The molecular weight excluding hydrogens is 272 g/mol. The minimum absolute atomic E-state index is 0.00248. The van der Waals surface area contributed by atoms with Gasteiger partial charge in [-0.3, -0.25) is 19.3 Å². The van der Waals surface area contributed by atoms with Crippen molar-refractivity contribution >= 4 is 23.8 Å². The van der Waals surface area contributed by atoms with Gasteiger partial charge in [-0.05, 0) is 31.0 Å². The number of rotatable bonds is 3. The van der Waals surface area contributed by atoms with Gasteiger partial charge in [0.05, 0.1) is 5.69 Å². The standard InChI is InChI=1S/C15H16N2O4/c18-9-11-3-4-13-12(7-11)17(15(20)10-21-13)8-14(19)16-5-1-2-6-16/h3-4,7,9H,1-2,5-6,8,10H2. The fourth-order valence-electron chi connectivity index (χ4n) is 2.67. The largest absolute Gasteiger partial charge is 0.482 e.